The minimum absolute atomic E-state index is 0.0596. The summed E-state index contributed by atoms with van der Waals surface area (Å²) in [5.74, 6) is -1.80. The van der Waals surface area contributed by atoms with Crippen molar-refractivity contribution in [1.82, 2.24) is 19.8 Å². The summed E-state index contributed by atoms with van der Waals surface area (Å²) in [5, 5.41) is 21.3. The zero-order valence-electron chi connectivity index (χ0n) is 25.5. The van der Waals surface area contributed by atoms with Crippen LogP contribution in [0.15, 0.2) is 17.1 Å². The van der Waals surface area contributed by atoms with Crippen LogP contribution in [-0.4, -0.2) is 99.3 Å². The first kappa shape index (κ1) is 34.7. The maximum atomic E-state index is 14.0. The van der Waals surface area contributed by atoms with Crippen molar-refractivity contribution < 1.29 is 56.6 Å². The van der Waals surface area contributed by atoms with E-state index in [1.807, 2.05) is 6.07 Å². The molecule has 1 aromatic heterocycles. The second-order valence-corrected chi connectivity index (χ2v) is 13.3. The number of nitrogens with zero attached hydrogens (tertiary/aromatic N) is 4. The number of carbonyl (C=O) groups is 4. The molecule has 0 aliphatic carbocycles. The number of nitrogens with one attached hydrogen (secondary N) is 1. The number of urea groups is 1. The van der Waals surface area contributed by atoms with Crippen LogP contribution in [-0.2, 0) is 46.7 Å². The van der Waals surface area contributed by atoms with Crippen LogP contribution in [0.4, 0.5) is 4.79 Å². The van der Waals surface area contributed by atoms with Crippen LogP contribution < -0.4 is 16.7 Å². The van der Waals surface area contributed by atoms with Gasteiger partial charge in [-0.25, -0.2) is 14.2 Å². The number of carbonyl (C=O) groups excluding carboxylic acids is 4. The number of hydrogen-bond donors (Lipinski definition) is 3. The number of amides is 3. The summed E-state index contributed by atoms with van der Waals surface area (Å²) in [7, 11) is -4.59. The summed E-state index contributed by atoms with van der Waals surface area (Å²) < 4.78 is 49.4. The molecule has 256 valence electrons. The average Bonchev–Trinajstić information content (AvgIpc) is 3.59. The Morgan fingerprint density at radius 1 is 1.23 bits per heavy atom. The highest BCUT2D eigenvalue weighted by molar-refractivity contribution is 7.48. The molecule has 6 rings (SSSR count). The molecule has 3 amide bonds. The van der Waals surface area contributed by atoms with Gasteiger partial charge in [-0.2, -0.15) is 10.2 Å². The molecule has 19 nitrogen and oxygen atoms in total. The topological polar surface area (TPSA) is 261 Å². The quantitative estimate of drug-likeness (QED) is 0.180. The summed E-state index contributed by atoms with van der Waals surface area (Å²) >= 11 is 0. The largest absolute Gasteiger partial charge is 0.475 e. The second-order valence-electron chi connectivity index (χ2n) is 11.7. The number of fused-ring (bicyclic) bond motifs is 5. The summed E-state index contributed by atoms with van der Waals surface area (Å²) in [4.78, 5) is 68.8. The Balaban J connectivity index is 1.57. The molecule has 5 aliphatic heterocycles. The molecule has 5 aliphatic rings. The predicted octanol–water partition coefficient (Wildman–Crippen LogP) is -0.317. The number of nitriles is 1. The molecular formula is C27H35N6O13P. The number of ether oxygens (including phenoxy) is 3. The van der Waals surface area contributed by atoms with E-state index >= 15 is 0 Å². The van der Waals surface area contributed by atoms with E-state index in [-0.39, 0.29) is 50.2 Å². The third kappa shape index (κ3) is 7.29. The smallest absolute Gasteiger partial charge is 0.459 e. The van der Waals surface area contributed by atoms with E-state index in [1.54, 1.807) is 0 Å². The van der Waals surface area contributed by atoms with Crippen molar-refractivity contribution in [1.29, 1.82) is 5.26 Å². The Morgan fingerprint density at radius 2 is 2.00 bits per heavy atom. The minimum Gasteiger partial charge on any atom is -0.459 e. The fourth-order valence-electron chi connectivity index (χ4n) is 5.80. The maximum Gasteiger partial charge on any atom is 0.475 e. The number of aliphatic hydroxyl groups excluding tert-OH is 1. The summed E-state index contributed by atoms with van der Waals surface area (Å²) in [6, 6.07) is 0.935. The summed E-state index contributed by atoms with van der Waals surface area (Å²) in [6.07, 6.45) is -6.37. The van der Waals surface area contributed by atoms with Gasteiger partial charge in [0.25, 0.3) is 0 Å². The number of aromatic nitrogens is 2. The molecular weight excluding hydrogens is 647 g/mol. The van der Waals surface area contributed by atoms with E-state index in [0.717, 1.165) is 9.47 Å². The van der Waals surface area contributed by atoms with Crippen LogP contribution >= 0.6 is 7.82 Å². The Kier molecular flexibility index (Phi) is 10.2. The van der Waals surface area contributed by atoms with Crippen molar-refractivity contribution in [2.75, 3.05) is 19.8 Å². The molecule has 4 N–H and O–H groups in total. The van der Waals surface area contributed by atoms with Gasteiger partial charge in [-0.1, -0.05) is 0 Å². The molecule has 0 aromatic carbocycles. The van der Waals surface area contributed by atoms with Crippen LogP contribution in [0, 0.1) is 11.3 Å². The number of phosphoric acid groups is 1. The Labute approximate surface area is 267 Å². The molecule has 47 heavy (non-hydrogen) atoms. The molecule has 0 saturated carbocycles. The van der Waals surface area contributed by atoms with E-state index in [2.05, 4.69) is 10.3 Å². The number of nitrogens with two attached hydrogens (primary N) is 1. The van der Waals surface area contributed by atoms with Crippen LogP contribution in [0.25, 0.3) is 0 Å². The van der Waals surface area contributed by atoms with Gasteiger partial charge in [0, 0.05) is 25.5 Å². The van der Waals surface area contributed by atoms with Crippen molar-refractivity contribution in [3.05, 3.63) is 28.4 Å². The Bertz CT molecular complexity index is 1560. The predicted molar refractivity (Wildman–Crippen MR) is 153 cm³/mol. The SMILES string of the molecule is CC(=O)CCC(=O)O[C@H]1CC2O[C@@H]1COP(=O)(OCCC#N)O[C@H]1C[C@@H](O[C@@H]1CO)N1C(=O)NC(=O)[C@](C)(N)[C@@H]1c1ccn2c(=O)n1. The lowest BCUT2D eigenvalue weighted by atomic mass is 9.86. The van der Waals surface area contributed by atoms with Gasteiger partial charge in [-0.05, 0) is 19.9 Å². The first-order chi connectivity index (χ1) is 22.3. The van der Waals surface area contributed by atoms with Crippen LogP contribution in [0.1, 0.15) is 63.9 Å². The number of imide groups is 1. The molecule has 1 aromatic rings. The van der Waals surface area contributed by atoms with Gasteiger partial charge < -0.3 is 29.8 Å². The van der Waals surface area contributed by atoms with Gasteiger partial charge in [-0.3, -0.25) is 37.9 Å². The molecule has 9 atom stereocenters. The van der Waals surface area contributed by atoms with Crippen LogP contribution in [0.2, 0.25) is 0 Å². The van der Waals surface area contributed by atoms with Gasteiger partial charge in [-0.15, -0.1) is 0 Å². The number of Topliss-reactive ketones (excluding diaryl/α,β-unsaturated/α-hetero) is 1. The number of phosphoric ester groups is 1. The lowest BCUT2D eigenvalue weighted by molar-refractivity contribution is -0.153. The standard InChI is InChI=1S/C27H35N6O13P/c1-14(35)4-5-22(36)45-16-10-20-32-8-6-15(30-25(32)38)23-27(2,29)24(37)31-26(39)33(23)21-11-17(18(12-34)43-21)46-47(40,41-9-3-7-28)42-13-19(16)44-20/h6,8,16-21,23,34H,3-5,9-13,29H2,1-2H3,(H,31,37,39)/t16-,17-,18+,19+,20?,21+,23-,27+,47?/m0/s1. The van der Waals surface area contributed by atoms with Crippen LogP contribution in [0.5, 0.6) is 0 Å². The highest BCUT2D eigenvalue weighted by Gasteiger charge is 2.56. The minimum atomic E-state index is -4.59. The van der Waals surface area contributed by atoms with E-state index in [0.29, 0.717) is 0 Å². The van der Waals surface area contributed by atoms with Gasteiger partial charge >= 0.3 is 25.5 Å². The zero-order chi connectivity index (χ0) is 34.1. The molecule has 3 fully saturated rings. The number of ketones is 1. The maximum absolute atomic E-state index is 14.0. The molecule has 6 heterocycles. The lowest BCUT2D eigenvalue weighted by Gasteiger charge is -2.46. The highest BCUT2D eigenvalue weighted by atomic mass is 31.2. The third-order valence-corrected chi connectivity index (χ3v) is 9.67. The van der Waals surface area contributed by atoms with Crippen molar-refractivity contribution >= 4 is 31.5 Å². The van der Waals surface area contributed by atoms with Crippen molar-refractivity contribution in [3.63, 3.8) is 0 Å². The molecule has 20 heteroatoms. The van der Waals surface area contributed by atoms with Gasteiger partial charge in [0.05, 0.1) is 44.4 Å². The number of rotatable bonds is 8. The molecule has 2 unspecified atom stereocenters. The third-order valence-electron chi connectivity index (χ3n) is 8.17. The van der Waals surface area contributed by atoms with Crippen molar-refractivity contribution in [2.24, 2.45) is 5.73 Å². The van der Waals surface area contributed by atoms with Crippen LogP contribution in [0.3, 0.4) is 0 Å². The molecule has 0 radical (unpaired) electrons. The first-order valence-corrected chi connectivity index (χ1v) is 16.3. The highest BCUT2D eigenvalue weighted by Crippen LogP contribution is 2.54. The van der Waals surface area contributed by atoms with E-state index in [9.17, 15) is 33.6 Å². The van der Waals surface area contributed by atoms with Crippen molar-refractivity contribution in [3.8, 4) is 6.07 Å². The number of esters is 1. The Hall–Kier alpha value is -3.60. The fraction of sp³-hybridized carbons (Fsp3) is 0.667. The number of aliphatic hydroxyl groups is 1. The summed E-state index contributed by atoms with van der Waals surface area (Å²) in [5.41, 5.74) is 3.68. The average molecular weight is 683 g/mol. The van der Waals surface area contributed by atoms with E-state index < -0.39 is 93.1 Å². The monoisotopic (exact) mass is 682 g/mol. The van der Waals surface area contributed by atoms with E-state index in [1.165, 1.54) is 26.1 Å². The normalized spacial score (nSPS) is 35.2. The van der Waals surface area contributed by atoms with Crippen molar-refractivity contribution in [2.45, 2.75) is 94.4 Å². The second kappa shape index (κ2) is 13.9. The van der Waals surface area contributed by atoms with Gasteiger partial charge in [0.2, 0.25) is 5.91 Å². The molecule has 0 spiro atoms. The molecule has 6 bridgehead atoms. The summed E-state index contributed by atoms with van der Waals surface area (Å²) in [6.45, 7) is 1.08. The lowest BCUT2D eigenvalue weighted by Crippen LogP contribution is -2.70. The Morgan fingerprint density at radius 3 is 2.68 bits per heavy atom. The van der Waals surface area contributed by atoms with Gasteiger partial charge in [0.15, 0.2) is 0 Å². The molecule has 3 saturated heterocycles. The van der Waals surface area contributed by atoms with E-state index in [4.69, 9.17) is 38.8 Å². The number of hydrogen-bond acceptors (Lipinski definition) is 16. The first-order valence-electron chi connectivity index (χ1n) is 14.8. The fourth-order valence-corrected chi connectivity index (χ4v) is 7.19. The van der Waals surface area contributed by atoms with Gasteiger partial charge in [0.1, 0.15) is 54.2 Å². The zero-order valence-corrected chi connectivity index (χ0v) is 26.4.